The molecule has 2 nitrogen and oxygen atoms in total. The second-order valence-corrected chi connectivity index (χ2v) is 4.48. The van der Waals surface area contributed by atoms with Crippen molar-refractivity contribution >= 4 is 35.5 Å². The summed E-state index contributed by atoms with van der Waals surface area (Å²) in [4.78, 5) is 0. The van der Waals surface area contributed by atoms with E-state index in [1.54, 1.807) is 23.1 Å². The molecule has 0 aliphatic carbocycles. The molecular formula is C8H14ClNOS2. The molecule has 0 amide bonds. The highest BCUT2D eigenvalue weighted by molar-refractivity contribution is 8.00. The van der Waals surface area contributed by atoms with Gasteiger partial charge in [0.25, 0.3) is 0 Å². The number of rotatable bonds is 4. The number of aliphatic hydroxyl groups excluding tert-OH is 1. The fourth-order valence-corrected chi connectivity index (χ4v) is 2.74. The van der Waals surface area contributed by atoms with Crippen LogP contribution in [0.2, 0.25) is 0 Å². The Labute approximate surface area is 92.9 Å². The van der Waals surface area contributed by atoms with E-state index in [-0.39, 0.29) is 25.1 Å². The van der Waals surface area contributed by atoms with Crippen LogP contribution in [0.5, 0.6) is 0 Å². The number of hydrogen-bond acceptors (Lipinski definition) is 4. The van der Waals surface area contributed by atoms with Crippen LogP contribution in [0.1, 0.15) is 18.0 Å². The molecule has 1 unspecified atom stereocenters. The van der Waals surface area contributed by atoms with Crippen LogP contribution in [-0.4, -0.2) is 18.0 Å². The molecule has 0 saturated carbocycles. The third-order valence-electron chi connectivity index (χ3n) is 1.68. The predicted molar refractivity (Wildman–Crippen MR) is 62.0 cm³/mol. The maximum atomic E-state index is 8.72. The summed E-state index contributed by atoms with van der Waals surface area (Å²) in [5.41, 5.74) is 7.03. The first-order chi connectivity index (χ1) is 5.79. The topological polar surface area (TPSA) is 46.2 Å². The maximum absolute atomic E-state index is 8.72. The lowest BCUT2D eigenvalue weighted by molar-refractivity contribution is 0.276. The third kappa shape index (κ3) is 3.48. The van der Waals surface area contributed by atoms with Crippen LogP contribution < -0.4 is 5.73 Å². The summed E-state index contributed by atoms with van der Waals surface area (Å²) in [7, 11) is 0. The molecule has 1 heterocycles. The smallest absolute Gasteiger partial charge is 0.0643 e. The Bertz CT molecular complexity index is 242. The lowest BCUT2D eigenvalue weighted by Crippen LogP contribution is -2.11. The molecule has 0 fully saturated rings. The number of hydrogen-bond donors (Lipinski definition) is 2. The number of thioether (sulfide) groups is 1. The second kappa shape index (κ2) is 6.68. The van der Waals surface area contributed by atoms with Gasteiger partial charge in [-0.2, -0.15) is 0 Å². The van der Waals surface area contributed by atoms with Gasteiger partial charge < -0.3 is 10.8 Å². The molecule has 0 aromatic carbocycles. The van der Waals surface area contributed by atoms with Gasteiger partial charge in [-0.1, -0.05) is 0 Å². The van der Waals surface area contributed by atoms with Crippen molar-refractivity contribution in [2.45, 2.75) is 16.7 Å². The van der Waals surface area contributed by atoms with E-state index in [0.717, 1.165) is 0 Å². The lowest BCUT2D eigenvalue weighted by Gasteiger charge is -2.09. The average molecular weight is 240 g/mol. The Morgan fingerprint density at radius 2 is 2.38 bits per heavy atom. The largest absolute Gasteiger partial charge is 0.396 e. The Morgan fingerprint density at radius 1 is 1.69 bits per heavy atom. The van der Waals surface area contributed by atoms with Gasteiger partial charge in [0, 0.05) is 12.6 Å². The number of halogens is 1. The first kappa shape index (κ1) is 13.3. The third-order valence-corrected chi connectivity index (χ3v) is 3.80. The zero-order valence-corrected chi connectivity index (χ0v) is 9.85. The van der Waals surface area contributed by atoms with Crippen molar-refractivity contribution in [1.82, 2.24) is 0 Å². The molecule has 1 aromatic rings. The fourth-order valence-electron chi connectivity index (χ4n) is 1.04. The number of nitrogens with two attached hydrogens (primary N) is 1. The van der Waals surface area contributed by atoms with Crippen LogP contribution in [0.25, 0.3) is 0 Å². The average Bonchev–Trinajstić information content (AvgIpc) is 2.51. The Balaban J connectivity index is 0.00000144. The summed E-state index contributed by atoms with van der Waals surface area (Å²) in [6.07, 6.45) is 2.69. The molecule has 13 heavy (non-hydrogen) atoms. The Kier molecular flexibility index (Phi) is 6.81. The van der Waals surface area contributed by atoms with Crippen LogP contribution in [0.4, 0.5) is 0 Å². The zero-order chi connectivity index (χ0) is 8.97. The van der Waals surface area contributed by atoms with Gasteiger partial charge >= 0.3 is 0 Å². The standard InChI is InChI=1S/C8H13NOS2.ClH/c1-11-8-6(3-5-12-8)7(9)2-4-10;/h3,5,7,10H,2,4,9H2,1H3;1H. The Hall–Kier alpha value is 0.260. The summed E-state index contributed by atoms with van der Waals surface area (Å²) in [6, 6.07) is 2.03. The van der Waals surface area contributed by atoms with E-state index in [1.807, 2.05) is 17.7 Å². The van der Waals surface area contributed by atoms with Crippen LogP contribution in [0, 0.1) is 0 Å². The molecule has 1 atom stereocenters. The van der Waals surface area contributed by atoms with Crippen molar-refractivity contribution < 1.29 is 5.11 Å². The van der Waals surface area contributed by atoms with Crippen molar-refractivity contribution in [2.75, 3.05) is 12.9 Å². The second-order valence-electron chi connectivity index (χ2n) is 2.49. The van der Waals surface area contributed by atoms with Gasteiger partial charge in [0.1, 0.15) is 0 Å². The van der Waals surface area contributed by atoms with Crippen molar-refractivity contribution in [3.8, 4) is 0 Å². The summed E-state index contributed by atoms with van der Waals surface area (Å²) in [5, 5.41) is 10.8. The molecular weight excluding hydrogens is 226 g/mol. The van der Waals surface area contributed by atoms with Crippen LogP contribution in [0.3, 0.4) is 0 Å². The molecule has 5 heteroatoms. The first-order valence-electron chi connectivity index (χ1n) is 3.77. The molecule has 3 N–H and O–H groups in total. The maximum Gasteiger partial charge on any atom is 0.0643 e. The quantitative estimate of drug-likeness (QED) is 0.793. The first-order valence-corrected chi connectivity index (χ1v) is 5.88. The van der Waals surface area contributed by atoms with Crippen molar-refractivity contribution in [2.24, 2.45) is 5.73 Å². The molecule has 0 aliphatic rings. The lowest BCUT2D eigenvalue weighted by atomic mass is 10.1. The van der Waals surface area contributed by atoms with Crippen LogP contribution in [-0.2, 0) is 0 Å². The fraction of sp³-hybridized carbons (Fsp3) is 0.500. The Morgan fingerprint density at radius 3 is 2.92 bits per heavy atom. The molecule has 0 radical (unpaired) electrons. The molecule has 0 aliphatic heterocycles. The number of aliphatic hydroxyl groups is 1. The molecule has 1 aromatic heterocycles. The van der Waals surface area contributed by atoms with E-state index in [2.05, 4.69) is 0 Å². The van der Waals surface area contributed by atoms with Gasteiger partial charge in [-0.25, -0.2) is 0 Å². The predicted octanol–water partition coefficient (Wildman–Crippen LogP) is 2.27. The van der Waals surface area contributed by atoms with Crippen LogP contribution >= 0.6 is 35.5 Å². The van der Waals surface area contributed by atoms with Gasteiger partial charge in [-0.3, -0.25) is 0 Å². The minimum Gasteiger partial charge on any atom is -0.396 e. The van der Waals surface area contributed by atoms with Gasteiger partial charge in [0.2, 0.25) is 0 Å². The van der Waals surface area contributed by atoms with Crippen molar-refractivity contribution in [3.63, 3.8) is 0 Å². The minimum absolute atomic E-state index is 0. The van der Waals surface area contributed by atoms with Crippen LogP contribution in [0.15, 0.2) is 15.7 Å². The van der Waals surface area contributed by atoms with Gasteiger partial charge in [-0.15, -0.1) is 35.5 Å². The molecule has 1 rings (SSSR count). The summed E-state index contributed by atoms with van der Waals surface area (Å²) in [5.74, 6) is 0. The number of thiophene rings is 1. The highest BCUT2D eigenvalue weighted by Crippen LogP contribution is 2.31. The van der Waals surface area contributed by atoms with E-state index in [4.69, 9.17) is 10.8 Å². The summed E-state index contributed by atoms with van der Waals surface area (Å²) < 4.78 is 1.26. The highest BCUT2D eigenvalue weighted by atomic mass is 35.5. The van der Waals surface area contributed by atoms with Gasteiger partial charge in [-0.05, 0) is 29.7 Å². The summed E-state index contributed by atoms with van der Waals surface area (Å²) in [6.45, 7) is 0.158. The SMILES string of the molecule is CSc1sccc1C(N)CCO.Cl. The molecule has 0 saturated heterocycles. The minimum atomic E-state index is -0.0105. The van der Waals surface area contributed by atoms with Gasteiger partial charge in [0.15, 0.2) is 0 Å². The molecule has 0 spiro atoms. The van der Waals surface area contributed by atoms with E-state index in [9.17, 15) is 0 Å². The monoisotopic (exact) mass is 239 g/mol. The van der Waals surface area contributed by atoms with E-state index < -0.39 is 0 Å². The van der Waals surface area contributed by atoms with E-state index in [1.165, 1.54) is 9.77 Å². The molecule has 0 bridgehead atoms. The zero-order valence-electron chi connectivity index (χ0n) is 7.40. The van der Waals surface area contributed by atoms with E-state index >= 15 is 0 Å². The highest BCUT2D eigenvalue weighted by Gasteiger charge is 2.10. The normalized spacial score (nSPS) is 12.2. The van der Waals surface area contributed by atoms with E-state index in [0.29, 0.717) is 6.42 Å². The van der Waals surface area contributed by atoms with Gasteiger partial charge in [0.05, 0.1) is 4.21 Å². The van der Waals surface area contributed by atoms with Crippen molar-refractivity contribution in [1.29, 1.82) is 0 Å². The summed E-state index contributed by atoms with van der Waals surface area (Å²) >= 11 is 3.42. The van der Waals surface area contributed by atoms with Crippen molar-refractivity contribution in [3.05, 3.63) is 17.0 Å². The molecule has 76 valence electrons.